The molecule has 0 atom stereocenters. The first-order valence-corrected chi connectivity index (χ1v) is 8.13. The fraction of sp³-hybridized carbons (Fsp3) is 0.105. The lowest BCUT2D eigenvalue weighted by Crippen LogP contribution is -1.97. The number of aryl methyl sites for hydroxylation is 2. The number of carbonyl (C=O) groups is 1. The largest absolute Gasteiger partial charge is 0.444 e. The van der Waals surface area contributed by atoms with E-state index in [4.69, 9.17) is 4.42 Å². The molecule has 0 bridgehead atoms. The van der Waals surface area contributed by atoms with E-state index in [9.17, 15) is 4.79 Å². The van der Waals surface area contributed by atoms with Crippen molar-refractivity contribution in [1.82, 2.24) is 9.97 Å². The van der Waals surface area contributed by atoms with Crippen LogP contribution < -0.4 is 0 Å². The number of furan rings is 1. The van der Waals surface area contributed by atoms with Crippen LogP contribution in [0.1, 0.15) is 33.3 Å². The Kier molecular flexibility index (Phi) is 4.78. The Morgan fingerprint density at radius 1 is 1.00 bits per heavy atom. The fourth-order valence-corrected chi connectivity index (χ4v) is 2.80. The fourth-order valence-electron chi connectivity index (χ4n) is 2.04. The number of rotatable bonds is 2. The van der Waals surface area contributed by atoms with Crippen LogP contribution >= 0.6 is 11.8 Å². The molecule has 24 heavy (non-hydrogen) atoms. The third kappa shape index (κ3) is 4.12. The first-order valence-electron chi connectivity index (χ1n) is 7.31. The molecule has 0 spiro atoms. The first kappa shape index (κ1) is 16.0. The predicted molar refractivity (Wildman–Crippen MR) is 92.8 cm³/mol. The van der Waals surface area contributed by atoms with Crippen molar-refractivity contribution in [2.24, 2.45) is 0 Å². The summed E-state index contributed by atoms with van der Waals surface area (Å²) in [7, 11) is 0. The van der Waals surface area contributed by atoms with Crippen LogP contribution in [0.3, 0.4) is 0 Å². The molecule has 3 aromatic rings. The average molecular weight is 334 g/mol. The highest BCUT2D eigenvalue weighted by molar-refractivity contribution is 8.14. The van der Waals surface area contributed by atoms with E-state index in [1.807, 2.05) is 50.2 Å². The van der Waals surface area contributed by atoms with Crippen molar-refractivity contribution in [3.63, 3.8) is 0 Å². The summed E-state index contributed by atoms with van der Waals surface area (Å²) >= 11 is 0.950. The van der Waals surface area contributed by atoms with Crippen molar-refractivity contribution >= 4 is 16.9 Å². The van der Waals surface area contributed by atoms with Crippen LogP contribution in [0.25, 0.3) is 0 Å². The zero-order valence-corrected chi connectivity index (χ0v) is 14.1. The molecule has 1 aromatic carbocycles. The molecule has 0 unspecified atom stereocenters. The second kappa shape index (κ2) is 7.16. The molecule has 0 aliphatic heterocycles. The van der Waals surface area contributed by atoms with Gasteiger partial charge in [0.25, 0.3) is 5.12 Å². The molecule has 0 saturated heterocycles. The van der Waals surface area contributed by atoms with Gasteiger partial charge in [-0.2, -0.15) is 0 Å². The normalized spacial score (nSPS) is 10.1. The molecule has 0 radical (unpaired) electrons. The quantitative estimate of drug-likeness (QED) is 0.402. The zero-order chi connectivity index (χ0) is 16.9. The number of aromatic nitrogens is 2. The number of nitrogens with zero attached hydrogens (tertiary/aromatic N) is 2. The minimum atomic E-state index is -0.243. The summed E-state index contributed by atoms with van der Waals surface area (Å²) in [5.41, 5.74) is 2.54. The van der Waals surface area contributed by atoms with E-state index >= 15 is 0 Å². The van der Waals surface area contributed by atoms with Gasteiger partial charge in [0.2, 0.25) is 0 Å². The predicted octanol–water partition coefficient (Wildman–Crippen LogP) is 4.02. The Balaban J connectivity index is 1.73. The van der Waals surface area contributed by atoms with Crippen molar-refractivity contribution in [2.45, 2.75) is 19.0 Å². The lowest BCUT2D eigenvalue weighted by atomic mass is 10.2. The summed E-state index contributed by atoms with van der Waals surface area (Å²) in [6, 6.07) is 14.8. The summed E-state index contributed by atoms with van der Waals surface area (Å²) in [5.74, 6) is 6.58. The molecule has 0 amide bonds. The van der Waals surface area contributed by atoms with E-state index in [0.29, 0.717) is 10.9 Å². The lowest BCUT2D eigenvalue weighted by Gasteiger charge is -2.00. The molecule has 118 valence electrons. The SMILES string of the molecule is Cc1cc(C)nc(SC(=O)c2ccc(C#Cc3ccccc3)o2)n1. The van der Waals surface area contributed by atoms with E-state index in [0.717, 1.165) is 28.7 Å². The Morgan fingerprint density at radius 3 is 2.42 bits per heavy atom. The Bertz CT molecular complexity index is 916. The number of hydrogen-bond donors (Lipinski definition) is 0. The Hall–Kier alpha value is -2.84. The molecule has 2 aromatic heterocycles. The van der Waals surface area contributed by atoms with E-state index in [1.54, 1.807) is 12.1 Å². The van der Waals surface area contributed by atoms with Crippen molar-refractivity contribution in [2.75, 3.05) is 0 Å². The molecular weight excluding hydrogens is 320 g/mol. The minimum absolute atomic E-state index is 0.236. The average Bonchev–Trinajstić information content (AvgIpc) is 3.02. The maximum atomic E-state index is 12.3. The molecular formula is C19H14N2O2S. The van der Waals surface area contributed by atoms with Crippen LogP contribution in [-0.4, -0.2) is 15.1 Å². The van der Waals surface area contributed by atoms with E-state index in [2.05, 4.69) is 21.8 Å². The number of hydrogen-bond acceptors (Lipinski definition) is 5. The molecule has 5 heteroatoms. The van der Waals surface area contributed by atoms with Crippen LogP contribution in [0, 0.1) is 25.7 Å². The molecule has 0 N–H and O–H groups in total. The zero-order valence-electron chi connectivity index (χ0n) is 13.2. The van der Waals surface area contributed by atoms with Gasteiger partial charge in [0.1, 0.15) is 0 Å². The van der Waals surface area contributed by atoms with Crippen molar-refractivity contribution in [3.05, 3.63) is 77.0 Å². The van der Waals surface area contributed by atoms with Crippen LogP contribution in [0.5, 0.6) is 0 Å². The molecule has 0 saturated carbocycles. The summed E-state index contributed by atoms with van der Waals surface area (Å²) in [6.45, 7) is 3.74. The second-order valence-corrected chi connectivity index (χ2v) is 6.04. The highest BCUT2D eigenvalue weighted by atomic mass is 32.2. The Labute approximate surface area is 144 Å². The maximum Gasteiger partial charge on any atom is 0.262 e. The van der Waals surface area contributed by atoms with Gasteiger partial charge in [-0.1, -0.05) is 24.1 Å². The van der Waals surface area contributed by atoms with Gasteiger partial charge in [-0.25, -0.2) is 9.97 Å². The number of thioether (sulfide) groups is 1. The van der Waals surface area contributed by atoms with Gasteiger partial charge in [0, 0.05) is 17.0 Å². The molecule has 4 nitrogen and oxygen atoms in total. The molecule has 0 aliphatic carbocycles. The van der Waals surface area contributed by atoms with Gasteiger partial charge in [-0.3, -0.25) is 4.79 Å². The van der Waals surface area contributed by atoms with Gasteiger partial charge in [-0.05, 0) is 61.9 Å². The summed E-state index contributed by atoms with van der Waals surface area (Å²) < 4.78 is 5.50. The molecule has 0 aliphatic rings. The monoisotopic (exact) mass is 334 g/mol. The maximum absolute atomic E-state index is 12.3. The van der Waals surface area contributed by atoms with Crippen LogP contribution in [0.4, 0.5) is 0 Å². The summed E-state index contributed by atoms with van der Waals surface area (Å²) in [4.78, 5) is 20.8. The standard InChI is InChI=1S/C19H14N2O2S/c1-13-12-14(2)21-19(20-13)24-18(22)17-11-10-16(23-17)9-8-15-6-4-3-5-7-15/h3-7,10-12H,1-2H3. The lowest BCUT2D eigenvalue weighted by molar-refractivity contribution is 0.106. The van der Waals surface area contributed by atoms with Gasteiger partial charge >= 0.3 is 0 Å². The number of benzene rings is 1. The highest BCUT2D eigenvalue weighted by Gasteiger charge is 2.15. The van der Waals surface area contributed by atoms with Crippen LogP contribution in [-0.2, 0) is 0 Å². The topological polar surface area (TPSA) is 56.0 Å². The van der Waals surface area contributed by atoms with Crippen LogP contribution in [0.2, 0.25) is 0 Å². The number of carbonyl (C=O) groups excluding carboxylic acids is 1. The van der Waals surface area contributed by atoms with Crippen molar-refractivity contribution in [1.29, 1.82) is 0 Å². The highest BCUT2D eigenvalue weighted by Crippen LogP contribution is 2.21. The smallest absolute Gasteiger partial charge is 0.262 e. The minimum Gasteiger partial charge on any atom is -0.444 e. The molecule has 0 fully saturated rings. The summed E-state index contributed by atoms with van der Waals surface area (Å²) in [5, 5.41) is 0.179. The van der Waals surface area contributed by atoms with Gasteiger partial charge < -0.3 is 4.42 Å². The van der Waals surface area contributed by atoms with Gasteiger partial charge in [0.05, 0.1) is 0 Å². The second-order valence-electron chi connectivity index (χ2n) is 5.10. The van der Waals surface area contributed by atoms with E-state index in [1.165, 1.54) is 0 Å². The third-order valence-electron chi connectivity index (χ3n) is 3.06. The van der Waals surface area contributed by atoms with Crippen LogP contribution in [0.15, 0.2) is 58.1 Å². The first-order chi connectivity index (χ1) is 11.6. The van der Waals surface area contributed by atoms with Gasteiger partial charge in [0.15, 0.2) is 16.7 Å². The third-order valence-corrected chi connectivity index (χ3v) is 3.81. The van der Waals surface area contributed by atoms with Crippen molar-refractivity contribution in [3.8, 4) is 11.8 Å². The van der Waals surface area contributed by atoms with E-state index < -0.39 is 0 Å². The Morgan fingerprint density at radius 2 is 1.71 bits per heavy atom. The van der Waals surface area contributed by atoms with Crippen molar-refractivity contribution < 1.29 is 9.21 Å². The molecule has 3 rings (SSSR count). The molecule has 2 heterocycles. The summed E-state index contributed by atoms with van der Waals surface area (Å²) in [6.07, 6.45) is 0. The van der Waals surface area contributed by atoms with Gasteiger partial charge in [-0.15, -0.1) is 0 Å². The van der Waals surface area contributed by atoms with E-state index in [-0.39, 0.29) is 10.9 Å².